The third kappa shape index (κ3) is 76.6. The van der Waals surface area contributed by atoms with Gasteiger partial charge in [0.05, 0.1) is 0 Å². The van der Waals surface area contributed by atoms with Gasteiger partial charge >= 0.3 is 0 Å². The normalized spacial score (nSPS) is 12.3. The minimum atomic E-state index is -1.17. The van der Waals surface area contributed by atoms with E-state index in [1.54, 1.807) is 0 Å². The SMILES string of the molecule is CC(N)F.[CH2]C(C)CC. The summed E-state index contributed by atoms with van der Waals surface area (Å²) in [5.41, 5.74) is 4.44. The first-order valence-corrected chi connectivity index (χ1v) is 3.23. The van der Waals surface area contributed by atoms with Crippen molar-refractivity contribution in [1.29, 1.82) is 0 Å². The first-order valence-electron chi connectivity index (χ1n) is 3.23. The van der Waals surface area contributed by atoms with Crippen LogP contribution in [0.5, 0.6) is 0 Å². The van der Waals surface area contributed by atoms with Crippen molar-refractivity contribution in [3.8, 4) is 0 Å². The fourth-order valence-electron chi connectivity index (χ4n) is 0. The molecular formula is C7H17FN. The van der Waals surface area contributed by atoms with Gasteiger partial charge in [-0.25, -0.2) is 4.39 Å². The van der Waals surface area contributed by atoms with Gasteiger partial charge in [-0.3, -0.25) is 0 Å². The Hall–Kier alpha value is -0.110. The Balaban J connectivity index is 0. The molecule has 2 heteroatoms. The average molecular weight is 134 g/mol. The van der Waals surface area contributed by atoms with E-state index in [2.05, 4.69) is 26.5 Å². The van der Waals surface area contributed by atoms with E-state index >= 15 is 0 Å². The molecule has 2 atom stereocenters. The zero-order valence-corrected chi connectivity index (χ0v) is 6.52. The van der Waals surface area contributed by atoms with Gasteiger partial charge in [-0.15, -0.1) is 0 Å². The van der Waals surface area contributed by atoms with Crippen LogP contribution >= 0.6 is 0 Å². The zero-order valence-electron chi connectivity index (χ0n) is 6.52. The van der Waals surface area contributed by atoms with Crippen molar-refractivity contribution >= 4 is 0 Å². The molecule has 0 aliphatic rings. The molecule has 0 amide bonds. The third-order valence-electron chi connectivity index (χ3n) is 0.697. The van der Waals surface area contributed by atoms with Crippen LogP contribution in [0, 0.1) is 12.8 Å². The van der Waals surface area contributed by atoms with Crippen LogP contribution in [0.25, 0.3) is 0 Å². The molecule has 0 aliphatic carbocycles. The molecule has 0 aliphatic heterocycles. The summed E-state index contributed by atoms with van der Waals surface area (Å²) in [7, 11) is 0. The molecule has 9 heavy (non-hydrogen) atoms. The molecule has 0 saturated carbocycles. The van der Waals surface area contributed by atoms with E-state index in [0.29, 0.717) is 5.92 Å². The van der Waals surface area contributed by atoms with E-state index in [-0.39, 0.29) is 0 Å². The maximum absolute atomic E-state index is 10.8. The molecule has 0 aromatic rings. The first-order chi connectivity index (χ1) is 4.00. The molecule has 0 spiro atoms. The molecule has 0 aromatic carbocycles. The molecule has 0 bridgehead atoms. The Morgan fingerprint density at radius 3 is 1.67 bits per heavy atom. The van der Waals surface area contributed by atoms with E-state index in [1.807, 2.05) is 0 Å². The highest BCUT2D eigenvalue weighted by Crippen LogP contribution is 1.93. The van der Waals surface area contributed by atoms with Crippen molar-refractivity contribution in [2.24, 2.45) is 11.7 Å². The average Bonchev–Trinajstić information content (AvgIpc) is 1.65. The van der Waals surface area contributed by atoms with Crippen LogP contribution in [0.4, 0.5) is 4.39 Å². The lowest BCUT2D eigenvalue weighted by Gasteiger charge is -1.90. The molecule has 1 radical (unpaired) electrons. The third-order valence-corrected chi connectivity index (χ3v) is 0.697. The standard InChI is InChI=1S/C5H11.C2H6FN/c1-4-5(2)3;1-2(3)4/h5H,2,4H2,1,3H3;2H,4H2,1H3. The number of hydrogen-bond donors (Lipinski definition) is 1. The largest absolute Gasteiger partial charge is 0.302 e. The van der Waals surface area contributed by atoms with Gasteiger partial charge in [-0.2, -0.15) is 0 Å². The summed E-state index contributed by atoms with van der Waals surface area (Å²) in [5, 5.41) is 0. The van der Waals surface area contributed by atoms with E-state index in [1.165, 1.54) is 13.3 Å². The molecule has 0 heterocycles. The Morgan fingerprint density at radius 2 is 1.67 bits per heavy atom. The maximum atomic E-state index is 10.8. The van der Waals surface area contributed by atoms with Crippen LogP contribution in [-0.4, -0.2) is 6.30 Å². The lowest BCUT2D eigenvalue weighted by Crippen LogP contribution is -2.04. The quantitative estimate of drug-likeness (QED) is 0.546. The Labute approximate surface area is 57.4 Å². The summed E-state index contributed by atoms with van der Waals surface area (Å²) in [4.78, 5) is 0. The van der Waals surface area contributed by atoms with Crippen molar-refractivity contribution < 1.29 is 4.39 Å². The highest BCUT2D eigenvalue weighted by Gasteiger charge is 1.80. The topological polar surface area (TPSA) is 26.0 Å². The molecule has 0 saturated heterocycles. The Bertz CT molecular complexity index is 41.4. The maximum Gasteiger partial charge on any atom is 0.145 e. The van der Waals surface area contributed by atoms with Crippen LogP contribution in [-0.2, 0) is 0 Å². The second-order valence-corrected chi connectivity index (χ2v) is 2.19. The highest BCUT2D eigenvalue weighted by molar-refractivity contribution is 4.46. The van der Waals surface area contributed by atoms with E-state index < -0.39 is 6.30 Å². The van der Waals surface area contributed by atoms with Gasteiger partial charge in [-0.1, -0.05) is 27.2 Å². The fraction of sp³-hybridized carbons (Fsp3) is 0.857. The van der Waals surface area contributed by atoms with Crippen LogP contribution in [0.1, 0.15) is 27.2 Å². The fourth-order valence-corrected chi connectivity index (χ4v) is 0. The number of halogens is 1. The first kappa shape index (κ1) is 11.7. The minimum absolute atomic E-state index is 0.634. The van der Waals surface area contributed by atoms with Crippen LogP contribution in [0.15, 0.2) is 0 Å². The second-order valence-electron chi connectivity index (χ2n) is 2.19. The van der Waals surface area contributed by atoms with E-state index in [9.17, 15) is 4.39 Å². The second kappa shape index (κ2) is 7.89. The van der Waals surface area contributed by atoms with Crippen molar-refractivity contribution in [3.63, 3.8) is 0 Å². The predicted molar refractivity (Wildman–Crippen MR) is 39.6 cm³/mol. The van der Waals surface area contributed by atoms with Crippen molar-refractivity contribution in [1.82, 2.24) is 0 Å². The minimum Gasteiger partial charge on any atom is -0.302 e. The molecule has 0 rings (SSSR count). The molecule has 2 unspecified atom stereocenters. The summed E-state index contributed by atoms with van der Waals surface area (Å²) in [6, 6.07) is 0. The van der Waals surface area contributed by atoms with Gasteiger partial charge in [0.25, 0.3) is 0 Å². The number of hydrogen-bond acceptors (Lipinski definition) is 1. The van der Waals surface area contributed by atoms with Crippen molar-refractivity contribution in [3.05, 3.63) is 6.92 Å². The Kier molecular flexibility index (Phi) is 10.2. The van der Waals surface area contributed by atoms with Gasteiger partial charge in [0.15, 0.2) is 0 Å². The molecule has 57 valence electrons. The van der Waals surface area contributed by atoms with Gasteiger partial charge in [-0.05, 0) is 12.8 Å². The van der Waals surface area contributed by atoms with Crippen LogP contribution < -0.4 is 5.73 Å². The molecule has 2 N–H and O–H groups in total. The summed E-state index contributed by atoms with van der Waals surface area (Å²) >= 11 is 0. The number of alkyl halides is 1. The lowest BCUT2D eigenvalue weighted by molar-refractivity contribution is 0.374. The van der Waals surface area contributed by atoms with Gasteiger partial charge in [0.1, 0.15) is 6.30 Å². The zero-order chi connectivity index (χ0) is 7.86. The van der Waals surface area contributed by atoms with Crippen LogP contribution in [0.3, 0.4) is 0 Å². The predicted octanol–water partition coefficient (Wildman–Crippen LogP) is 2.13. The van der Waals surface area contributed by atoms with E-state index in [0.717, 1.165) is 0 Å². The lowest BCUT2D eigenvalue weighted by atomic mass is 10.2. The summed E-state index contributed by atoms with van der Waals surface area (Å²) in [5.74, 6) is 0.634. The van der Waals surface area contributed by atoms with E-state index in [4.69, 9.17) is 0 Å². The number of rotatable bonds is 1. The smallest absolute Gasteiger partial charge is 0.145 e. The van der Waals surface area contributed by atoms with Gasteiger partial charge in [0, 0.05) is 0 Å². The molecule has 0 fully saturated rings. The van der Waals surface area contributed by atoms with Crippen molar-refractivity contribution in [2.45, 2.75) is 33.5 Å². The van der Waals surface area contributed by atoms with Crippen LogP contribution in [0.2, 0.25) is 0 Å². The molecule has 0 aromatic heterocycles. The van der Waals surface area contributed by atoms with Gasteiger partial charge in [0.2, 0.25) is 0 Å². The summed E-state index contributed by atoms with van der Waals surface area (Å²) < 4.78 is 10.8. The summed E-state index contributed by atoms with van der Waals surface area (Å²) in [6.07, 6.45) is 0.0278. The monoisotopic (exact) mass is 134 g/mol. The number of nitrogens with two attached hydrogens (primary N) is 1. The summed E-state index contributed by atoms with van der Waals surface area (Å²) in [6.45, 7) is 9.28. The molecular weight excluding hydrogens is 117 g/mol. The van der Waals surface area contributed by atoms with Gasteiger partial charge < -0.3 is 5.73 Å². The molecule has 1 nitrogen and oxygen atoms in total. The van der Waals surface area contributed by atoms with Crippen molar-refractivity contribution in [2.75, 3.05) is 0 Å². The highest BCUT2D eigenvalue weighted by atomic mass is 19.1. The Morgan fingerprint density at radius 1 is 1.56 bits per heavy atom.